The fraction of sp³-hybridized carbons (Fsp3) is 0.385. The Morgan fingerprint density at radius 1 is 1.35 bits per heavy atom. The normalized spacial score (nSPS) is 12.2. The van der Waals surface area contributed by atoms with Crippen molar-refractivity contribution in [3.63, 3.8) is 0 Å². The van der Waals surface area contributed by atoms with Gasteiger partial charge in [0.05, 0.1) is 26.0 Å². The molecule has 0 bridgehead atoms. The molecule has 108 valence electrons. The molecule has 0 saturated carbocycles. The first-order valence-corrected chi connectivity index (χ1v) is 6.21. The van der Waals surface area contributed by atoms with Gasteiger partial charge in [0.2, 0.25) is 0 Å². The second-order valence-electron chi connectivity index (χ2n) is 4.41. The highest BCUT2D eigenvalue weighted by Gasteiger charge is 2.18. The molecule has 1 unspecified atom stereocenters. The first-order valence-electron chi connectivity index (χ1n) is 6.21. The van der Waals surface area contributed by atoms with Gasteiger partial charge in [-0.3, -0.25) is 16.0 Å². The second-order valence-corrected chi connectivity index (χ2v) is 4.41. The summed E-state index contributed by atoms with van der Waals surface area (Å²) in [6.07, 6.45) is 2.46. The van der Waals surface area contributed by atoms with Gasteiger partial charge in [0.15, 0.2) is 0 Å². The highest BCUT2D eigenvalue weighted by Crippen LogP contribution is 2.30. The van der Waals surface area contributed by atoms with Crippen molar-refractivity contribution < 1.29 is 9.47 Å². The Labute approximate surface area is 117 Å². The van der Waals surface area contributed by atoms with E-state index in [9.17, 15) is 0 Å². The van der Waals surface area contributed by atoms with Gasteiger partial charge in [0.25, 0.3) is 0 Å². The number of nitrogens with two attached hydrogens (primary N) is 1. The summed E-state index contributed by atoms with van der Waals surface area (Å²) in [7, 11) is 5.08. The van der Waals surface area contributed by atoms with Crippen LogP contribution in [0, 0.1) is 0 Å². The van der Waals surface area contributed by atoms with Gasteiger partial charge in [-0.05, 0) is 18.2 Å². The lowest BCUT2D eigenvalue weighted by atomic mass is 10.0. The number of hydrazine groups is 1. The summed E-state index contributed by atoms with van der Waals surface area (Å²) in [5.41, 5.74) is 4.55. The zero-order valence-corrected chi connectivity index (χ0v) is 11.8. The Bertz CT molecular complexity index is 570. The quantitative estimate of drug-likeness (QED) is 0.593. The van der Waals surface area contributed by atoms with Gasteiger partial charge in [0.1, 0.15) is 11.5 Å². The molecule has 0 aliphatic carbocycles. The molecule has 0 amide bonds. The summed E-state index contributed by atoms with van der Waals surface area (Å²) in [5.74, 6) is 7.17. The van der Waals surface area contributed by atoms with Crippen LogP contribution in [-0.4, -0.2) is 29.2 Å². The predicted octanol–water partition coefficient (Wildman–Crippen LogP) is 0.579. The summed E-state index contributed by atoms with van der Waals surface area (Å²) in [6, 6.07) is 5.46. The van der Waals surface area contributed by atoms with Crippen LogP contribution in [0.1, 0.15) is 17.3 Å². The Kier molecular flexibility index (Phi) is 4.54. The van der Waals surface area contributed by atoms with Crippen molar-refractivity contribution in [3.05, 3.63) is 35.7 Å². The molecule has 1 aromatic carbocycles. The van der Waals surface area contributed by atoms with E-state index in [0.717, 1.165) is 22.8 Å². The van der Waals surface area contributed by atoms with Crippen LogP contribution in [0.3, 0.4) is 0 Å². The molecule has 0 fully saturated rings. The fourth-order valence-corrected chi connectivity index (χ4v) is 2.07. The van der Waals surface area contributed by atoms with Crippen molar-refractivity contribution in [1.29, 1.82) is 0 Å². The molecular formula is C13H19N5O2. The molecule has 0 saturated heterocycles. The van der Waals surface area contributed by atoms with Crippen LogP contribution < -0.4 is 20.7 Å². The maximum atomic E-state index is 5.67. The van der Waals surface area contributed by atoms with E-state index in [1.54, 1.807) is 18.9 Å². The number of benzene rings is 1. The topological polar surface area (TPSA) is 87.2 Å². The third kappa shape index (κ3) is 3.06. The molecule has 0 aliphatic heterocycles. The van der Waals surface area contributed by atoms with Crippen LogP contribution in [-0.2, 0) is 13.5 Å². The maximum Gasteiger partial charge on any atom is 0.123 e. The fourth-order valence-electron chi connectivity index (χ4n) is 2.07. The van der Waals surface area contributed by atoms with Crippen LogP contribution in [0.25, 0.3) is 0 Å². The van der Waals surface area contributed by atoms with E-state index in [4.69, 9.17) is 15.3 Å². The summed E-state index contributed by atoms with van der Waals surface area (Å²) in [5, 5.41) is 7.99. The minimum atomic E-state index is -0.142. The molecule has 1 atom stereocenters. The van der Waals surface area contributed by atoms with Crippen molar-refractivity contribution in [2.75, 3.05) is 14.2 Å². The van der Waals surface area contributed by atoms with Crippen LogP contribution in [0.2, 0.25) is 0 Å². The molecule has 20 heavy (non-hydrogen) atoms. The average molecular weight is 277 g/mol. The Morgan fingerprint density at radius 2 is 2.15 bits per heavy atom. The number of methoxy groups -OCH3 is 2. The van der Waals surface area contributed by atoms with Gasteiger partial charge >= 0.3 is 0 Å². The van der Waals surface area contributed by atoms with E-state index in [2.05, 4.69) is 15.7 Å². The Hall–Kier alpha value is -2.12. The predicted molar refractivity (Wildman–Crippen MR) is 74.3 cm³/mol. The van der Waals surface area contributed by atoms with Gasteiger partial charge in [-0.2, -0.15) is 0 Å². The van der Waals surface area contributed by atoms with E-state index in [1.165, 1.54) is 0 Å². The smallest absolute Gasteiger partial charge is 0.123 e. The Morgan fingerprint density at radius 3 is 2.70 bits per heavy atom. The summed E-state index contributed by atoms with van der Waals surface area (Å²) in [4.78, 5) is 0. The van der Waals surface area contributed by atoms with Crippen LogP contribution in [0.5, 0.6) is 11.5 Å². The van der Waals surface area contributed by atoms with Gasteiger partial charge < -0.3 is 9.47 Å². The molecule has 2 aromatic rings. The molecule has 1 heterocycles. The molecule has 3 N–H and O–H groups in total. The number of rotatable bonds is 6. The van der Waals surface area contributed by atoms with E-state index in [0.29, 0.717) is 6.42 Å². The van der Waals surface area contributed by atoms with E-state index >= 15 is 0 Å². The first kappa shape index (κ1) is 14.3. The number of hydrogen-bond donors (Lipinski definition) is 2. The molecule has 7 heteroatoms. The lowest BCUT2D eigenvalue weighted by Crippen LogP contribution is -2.30. The lowest BCUT2D eigenvalue weighted by Gasteiger charge is -2.19. The molecule has 0 spiro atoms. The lowest BCUT2D eigenvalue weighted by molar-refractivity contribution is 0.389. The van der Waals surface area contributed by atoms with Gasteiger partial charge in [-0.1, -0.05) is 5.21 Å². The van der Waals surface area contributed by atoms with Crippen molar-refractivity contribution in [2.45, 2.75) is 12.5 Å². The number of ether oxygens (including phenoxy) is 2. The zero-order valence-electron chi connectivity index (χ0n) is 11.8. The van der Waals surface area contributed by atoms with Crippen LogP contribution in [0.15, 0.2) is 24.4 Å². The third-order valence-electron chi connectivity index (χ3n) is 3.08. The van der Waals surface area contributed by atoms with Crippen molar-refractivity contribution >= 4 is 0 Å². The number of aryl methyl sites for hydroxylation is 1. The largest absolute Gasteiger partial charge is 0.497 e. The van der Waals surface area contributed by atoms with Gasteiger partial charge in [0, 0.05) is 25.2 Å². The van der Waals surface area contributed by atoms with E-state index in [1.807, 2.05) is 31.4 Å². The molecule has 7 nitrogen and oxygen atoms in total. The molecule has 2 rings (SSSR count). The second kappa shape index (κ2) is 6.36. The molecule has 1 aromatic heterocycles. The summed E-state index contributed by atoms with van der Waals surface area (Å²) in [6.45, 7) is 0. The number of hydrogen-bond acceptors (Lipinski definition) is 6. The molecule has 0 radical (unpaired) electrons. The van der Waals surface area contributed by atoms with Crippen LogP contribution >= 0.6 is 0 Å². The van der Waals surface area contributed by atoms with Crippen molar-refractivity contribution in [2.24, 2.45) is 12.9 Å². The van der Waals surface area contributed by atoms with Gasteiger partial charge in [-0.25, -0.2) is 0 Å². The standard InChI is InChI=1S/C13H19N5O2/c1-18-8-9(16-17-18)6-12(15-14)11-7-10(19-2)4-5-13(11)20-3/h4-5,7-8,12,15H,6,14H2,1-3H3. The van der Waals surface area contributed by atoms with E-state index < -0.39 is 0 Å². The van der Waals surface area contributed by atoms with Gasteiger partial charge in [-0.15, -0.1) is 5.10 Å². The molecular weight excluding hydrogens is 258 g/mol. The van der Waals surface area contributed by atoms with E-state index in [-0.39, 0.29) is 6.04 Å². The van der Waals surface area contributed by atoms with Crippen LogP contribution in [0.4, 0.5) is 0 Å². The monoisotopic (exact) mass is 277 g/mol. The highest BCUT2D eigenvalue weighted by atomic mass is 16.5. The summed E-state index contributed by atoms with van der Waals surface area (Å²) >= 11 is 0. The first-order chi connectivity index (χ1) is 9.67. The number of aromatic nitrogens is 3. The Balaban J connectivity index is 2.30. The SMILES string of the molecule is COc1ccc(OC)c(C(Cc2cn(C)nn2)NN)c1. The number of nitrogens with one attached hydrogen (secondary N) is 1. The molecule has 0 aliphatic rings. The highest BCUT2D eigenvalue weighted by molar-refractivity contribution is 5.42. The number of nitrogens with zero attached hydrogens (tertiary/aromatic N) is 3. The van der Waals surface area contributed by atoms with Crippen molar-refractivity contribution in [1.82, 2.24) is 20.4 Å². The average Bonchev–Trinajstić information content (AvgIpc) is 2.89. The third-order valence-corrected chi connectivity index (χ3v) is 3.08. The summed E-state index contributed by atoms with van der Waals surface area (Å²) < 4.78 is 12.3. The van der Waals surface area contributed by atoms with Crippen molar-refractivity contribution in [3.8, 4) is 11.5 Å². The maximum absolute atomic E-state index is 5.67. The minimum absolute atomic E-state index is 0.142. The minimum Gasteiger partial charge on any atom is -0.497 e. The zero-order chi connectivity index (χ0) is 14.5.